The maximum Gasteiger partial charge on any atom is 0.0696 e. The number of rotatable bonds is 7. The molecule has 0 saturated heterocycles. The molecule has 0 aromatic rings. The molecule has 0 aromatic heterocycles. The molecule has 1 unspecified atom stereocenters. The predicted molar refractivity (Wildman–Crippen MR) is 76.8 cm³/mol. The summed E-state index contributed by atoms with van der Waals surface area (Å²) in [4.78, 5) is 0. The van der Waals surface area contributed by atoms with E-state index in [0.29, 0.717) is 6.04 Å². The zero-order valence-corrected chi connectivity index (χ0v) is 12.1. The van der Waals surface area contributed by atoms with Gasteiger partial charge < -0.3 is 10.1 Å². The molecule has 2 heteroatoms. The van der Waals surface area contributed by atoms with Crippen molar-refractivity contribution in [3.05, 3.63) is 11.6 Å². The van der Waals surface area contributed by atoms with Crippen LogP contribution in [-0.2, 0) is 4.74 Å². The van der Waals surface area contributed by atoms with Gasteiger partial charge in [-0.05, 0) is 64.3 Å². The minimum atomic E-state index is 0.184. The smallest absolute Gasteiger partial charge is 0.0696 e. The Bertz CT molecular complexity index is 275. The molecule has 0 amide bonds. The van der Waals surface area contributed by atoms with Gasteiger partial charge >= 0.3 is 0 Å². The second-order valence-electron chi connectivity index (χ2n) is 5.98. The van der Waals surface area contributed by atoms with Gasteiger partial charge in [-0.15, -0.1) is 0 Å². The van der Waals surface area contributed by atoms with E-state index < -0.39 is 0 Å². The van der Waals surface area contributed by atoms with Crippen molar-refractivity contribution in [2.24, 2.45) is 0 Å². The molecule has 0 aromatic carbocycles. The Morgan fingerprint density at radius 2 is 2.17 bits per heavy atom. The minimum absolute atomic E-state index is 0.184. The first-order chi connectivity index (χ1) is 8.79. The largest absolute Gasteiger partial charge is 0.378 e. The fraction of sp³-hybridized carbons (Fsp3) is 0.875. The topological polar surface area (TPSA) is 21.3 Å². The van der Waals surface area contributed by atoms with Gasteiger partial charge in [0.1, 0.15) is 0 Å². The van der Waals surface area contributed by atoms with Gasteiger partial charge in [-0.3, -0.25) is 0 Å². The van der Waals surface area contributed by atoms with Gasteiger partial charge in [-0.25, -0.2) is 0 Å². The van der Waals surface area contributed by atoms with Crippen LogP contribution < -0.4 is 5.32 Å². The lowest BCUT2D eigenvalue weighted by Crippen LogP contribution is -2.46. The molecule has 0 radical (unpaired) electrons. The van der Waals surface area contributed by atoms with E-state index in [1.807, 2.05) is 7.11 Å². The van der Waals surface area contributed by atoms with Crippen LogP contribution in [0.5, 0.6) is 0 Å². The third kappa shape index (κ3) is 3.36. The lowest BCUT2D eigenvalue weighted by molar-refractivity contribution is -0.0816. The highest BCUT2D eigenvalue weighted by Gasteiger charge is 2.39. The van der Waals surface area contributed by atoms with Crippen molar-refractivity contribution in [1.29, 1.82) is 0 Å². The molecule has 1 fully saturated rings. The van der Waals surface area contributed by atoms with Gasteiger partial charge in [0.05, 0.1) is 5.60 Å². The van der Waals surface area contributed by atoms with Gasteiger partial charge in [0.2, 0.25) is 0 Å². The molecule has 2 rings (SSSR count). The Morgan fingerprint density at radius 3 is 2.67 bits per heavy atom. The highest BCUT2D eigenvalue weighted by Crippen LogP contribution is 2.40. The van der Waals surface area contributed by atoms with Gasteiger partial charge in [0, 0.05) is 13.2 Å². The summed E-state index contributed by atoms with van der Waals surface area (Å²) in [6, 6.07) is 0.561. The Labute approximate surface area is 112 Å². The second-order valence-corrected chi connectivity index (χ2v) is 5.98. The number of methoxy groups -OCH3 is 1. The SMILES string of the molecule is CCCNC(CC1(OC)CCC1)C1=CCCCC1. The summed E-state index contributed by atoms with van der Waals surface area (Å²) in [7, 11) is 1.89. The van der Waals surface area contributed by atoms with Crippen molar-refractivity contribution < 1.29 is 4.74 Å². The normalized spacial score (nSPS) is 24.2. The fourth-order valence-corrected chi connectivity index (χ4v) is 3.27. The van der Waals surface area contributed by atoms with Crippen LogP contribution in [0.25, 0.3) is 0 Å². The molecule has 2 aliphatic carbocycles. The van der Waals surface area contributed by atoms with Gasteiger partial charge in [-0.1, -0.05) is 18.6 Å². The van der Waals surface area contributed by atoms with Crippen molar-refractivity contribution in [3.8, 4) is 0 Å². The molecule has 0 bridgehead atoms. The average Bonchev–Trinajstić information content (AvgIpc) is 2.38. The number of hydrogen-bond donors (Lipinski definition) is 1. The standard InChI is InChI=1S/C16H29NO/c1-3-12-17-15(14-8-5-4-6-9-14)13-16(18-2)10-7-11-16/h8,15,17H,3-7,9-13H2,1-2H3. The summed E-state index contributed by atoms with van der Waals surface area (Å²) in [5.74, 6) is 0. The van der Waals surface area contributed by atoms with Gasteiger partial charge in [-0.2, -0.15) is 0 Å². The first-order valence-electron chi connectivity index (χ1n) is 7.77. The Kier molecular flexibility index (Phi) is 5.25. The number of allylic oxidation sites excluding steroid dienone is 1. The lowest BCUT2D eigenvalue weighted by atomic mass is 9.73. The summed E-state index contributed by atoms with van der Waals surface area (Å²) < 4.78 is 5.81. The van der Waals surface area contributed by atoms with E-state index in [4.69, 9.17) is 4.74 Å². The average molecular weight is 251 g/mol. The van der Waals surface area contributed by atoms with Crippen molar-refractivity contribution >= 4 is 0 Å². The van der Waals surface area contributed by atoms with E-state index in [2.05, 4.69) is 18.3 Å². The molecule has 0 heterocycles. The number of ether oxygens (including phenoxy) is 1. The molecule has 1 saturated carbocycles. The summed E-state index contributed by atoms with van der Waals surface area (Å²) in [6.07, 6.45) is 14.0. The van der Waals surface area contributed by atoms with E-state index in [1.165, 1.54) is 57.8 Å². The van der Waals surface area contributed by atoms with Gasteiger partial charge in [0.25, 0.3) is 0 Å². The maximum atomic E-state index is 5.81. The van der Waals surface area contributed by atoms with E-state index in [1.54, 1.807) is 5.57 Å². The third-order valence-electron chi connectivity index (χ3n) is 4.69. The molecule has 104 valence electrons. The second kappa shape index (κ2) is 6.72. The van der Waals surface area contributed by atoms with Crippen LogP contribution in [0.15, 0.2) is 11.6 Å². The first kappa shape index (κ1) is 14.1. The zero-order chi connectivity index (χ0) is 12.8. The fourth-order valence-electron chi connectivity index (χ4n) is 3.27. The Balaban J connectivity index is 1.97. The summed E-state index contributed by atoms with van der Waals surface area (Å²) in [5, 5.41) is 3.75. The summed E-state index contributed by atoms with van der Waals surface area (Å²) in [5.41, 5.74) is 1.84. The third-order valence-corrected chi connectivity index (χ3v) is 4.69. The van der Waals surface area contributed by atoms with Crippen LogP contribution in [0, 0.1) is 0 Å². The lowest BCUT2D eigenvalue weighted by Gasteiger charge is -2.43. The number of nitrogens with one attached hydrogen (secondary N) is 1. The Morgan fingerprint density at radius 1 is 1.33 bits per heavy atom. The van der Waals surface area contributed by atoms with Crippen LogP contribution in [0.4, 0.5) is 0 Å². The van der Waals surface area contributed by atoms with E-state index in [0.717, 1.165) is 6.54 Å². The van der Waals surface area contributed by atoms with Crippen LogP contribution >= 0.6 is 0 Å². The summed E-state index contributed by atoms with van der Waals surface area (Å²) >= 11 is 0. The molecular weight excluding hydrogens is 222 g/mol. The maximum absolute atomic E-state index is 5.81. The monoisotopic (exact) mass is 251 g/mol. The molecule has 1 N–H and O–H groups in total. The van der Waals surface area contributed by atoms with Crippen molar-refractivity contribution in [1.82, 2.24) is 5.32 Å². The van der Waals surface area contributed by atoms with Crippen LogP contribution in [-0.4, -0.2) is 25.3 Å². The molecule has 0 spiro atoms. The molecule has 0 aliphatic heterocycles. The highest BCUT2D eigenvalue weighted by molar-refractivity contribution is 5.15. The molecular formula is C16H29NO. The van der Waals surface area contributed by atoms with E-state index >= 15 is 0 Å². The predicted octanol–water partition coefficient (Wildman–Crippen LogP) is 3.81. The van der Waals surface area contributed by atoms with Crippen molar-refractivity contribution in [2.75, 3.05) is 13.7 Å². The van der Waals surface area contributed by atoms with Crippen molar-refractivity contribution in [2.45, 2.75) is 76.4 Å². The first-order valence-corrected chi connectivity index (χ1v) is 7.77. The van der Waals surface area contributed by atoms with Crippen LogP contribution in [0.3, 0.4) is 0 Å². The van der Waals surface area contributed by atoms with E-state index in [-0.39, 0.29) is 5.60 Å². The highest BCUT2D eigenvalue weighted by atomic mass is 16.5. The number of hydrogen-bond acceptors (Lipinski definition) is 2. The Hall–Kier alpha value is -0.340. The molecule has 18 heavy (non-hydrogen) atoms. The van der Waals surface area contributed by atoms with E-state index in [9.17, 15) is 0 Å². The molecule has 1 atom stereocenters. The molecule has 2 aliphatic rings. The molecule has 2 nitrogen and oxygen atoms in total. The summed E-state index contributed by atoms with van der Waals surface area (Å²) in [6.45, 7) is 3.37. The van der Waals surface area contributed by atoms with Gasteiger partial charge in [0.15, 0.2) is 0 Å². The van der Waals surface area contributed by atoms with Crippen LogP contribution in [0.2, 0.25) is 0 Å². The van der Waals surface area contributed by atoms with Crippen molar-refractivity contribution in [3.63, 3.8) is 0 Å². The zero-order valence-electron chi connectivity index (χ0n) is 12.1. The minimum Gasteiger partial charge on any atom is -0.378 e. The van der Waals surface area contributed by atoms with Crippen LogP contribution in [0.1, 0.15) is 64.7 Å². The quantitative estimate of drug-likeness (QED) is 0.695.